The maximum atomic E-state index is 12.7. The van der Waals surface area contributed by atoms with E-state index in [4.69, 9.17) is 11.6 Å². The summed E-state index contributed by atoms with van der Waals surface area (Å²) in [5.74, 6) is -0.252. The molecule has 5 heteroatoms. The maximum absolute atomic E-state index is 12.7. The Labute approximate surface area is 124 Å². The molecule has 1 heterocycles. The number of halogens is 1. The second-order valence-electron chi connectivity index (χ2n) is 5.46. The number of piperazine rings is 1. The van der Waals surface area contributed by atoms with E-state index in [1.54, 1.807) is 19.9 Å². The van der Waals surface area contributed by atoms with E-state index in [1.165, 1.54) is 4.90 Å². The lowest BCUT2D eigenvalue weighted by molar-refractivity contribution is -0.137. The summed E-state index contributed by atoms with van der Waals surface area (Å²) in [5.41, 5.74) is 0.740. The summed E-state index contributed by atoms with van der Waals surface area (Å²) < 4.78 is 0. The SMILES string of the molecule is CCC1(C)NC(=O)C(C)N(c2ccc(C)c(Cl)c2)C1=O. The molecule has 2 unspecified atom stereocenters. The van der Waals surface area contributed by atoms with Crippen molar-refractivity contribution in [3.8, 4) is 0 Å². The molecule has 0 aromatic heterocycles. The fourth-order valence-corrected chi connectivity index (χ4v) is 2.48. The summed E-state index contributed by atoms with van der Waals surface area (Å²) in [7, 11) is 0. The van der Waals surface area contributed by atoms with Crippen molar-refractivity contribution < 1.29 is 9.59 Å². The van der Waals surface area contributed by atoms with E-state index in [9.17, 15) is 9.59 Å². The number of nitrogens with zero attached hydrogens (tertiary/aromatic N) is 1. The van der Waals surface area contributed by atoms with E-state index in [-0.39, 0.29) is 11.8 Å². The Balaban J connectivity index is 2.48. The van der Waals surface area contributed by atoms with Gasteiger partial charge in [0, 0.05) is 10.7 Å². The Morgan fingerprint density at radius 2 is 2.05 bits per heavy atom. The molecule has 0 aliphatic carbocycles. The smallest absolute Gasteiger partial charge is 0.253 e. The van der Waals surface area contributed by atoms with Crippen LogP contribution >= 0.6 is 11.6 Å². The number of amides is 2. The van der Waals surface area contributed by atoms with Crippen molar-refractivity contribution in [2.75, 3.05) is 4.90 Å². The largest absolute Gasteiger partial charge is 0.340 e. The zero-order valence-electron chi connectivity index (χ0n) is 12.2. The van der Waals surface area contributed by atoms with Gasteiger partial charge >= 0.3 is 0 Å². The van der Waals surface area contributed by atoms with Crippen LogP contribution in [-0.2, 0) is 9.59 Å². The van der Waals surface area contributed by atoms with Gasteiger partial charge in [0.1, 0.15) is 11.6 Å². The summed E-state index contributed by atoms with van der Waals surface area (Å²) in [6, 6.07) is 4.87. The molecule has 1 aliphatic heterocycles. The summed E-state index contributed by atoms with van der Waals surface area (Å²) >= 11 is 6.13. The molecule has 2 rings (SSSR count). The molecule has 4 nitrogen and oxygen atoms in total. The zero-order valence-corrected chi connectivity index (χ0v) is 12.9. The molecule has 0 spiro atoms. The van der Waals surface area contributed by atoms with Gasteiger partial charge in [0.2, 0.25) is 5.91 Å². The first-order chi connectivity index (χ1) is 9.30. The van der Waals surface area contributed by atoms with Crippen LogP contribution < -0.4 is 10.2 Å². The Bertz CT molecular complexity index is 573. The van der Waals surface area contributed by atoms with Gasteiger partial charge in [-0.15, -0.1) is 0 Å². The molecular formula is C15H19ClN2O2. The third-order valence-corrected chi connectivity index (χ3v) is 4.40. The van der Waals surface area contributed by atoms with Gasteiger partial charge in [-0.2, -0.15) is 0 Å². The van der Waals surface area contributed by atoms with E-state index in [2.05, 4.69) is 5.32 Å². The van der Waals surface area contributed by atoms with Crippen molar-refractivity contribution in [3.05, 3.63) is 28.8 Å². The molecule has 0 bridgehead atoms. The van der Waals surface area contributed by atoms with Gasteiger partial charge in [-0.25, -0.2) is 0 Å². The first-order valence-corrected chi connectivity index (χ1v) is 7.10. The van der Waals surface area contributed by atoms with Crippen LogP contribution in [0.3, 0.4) is 0 Å². The molecule has 1 aromatic carbocycles. The third kappa shape index (κ3) is 2.29. The lowest BCUT2D eigenvalue weighted by atomic mass is 9.91. The highest BCUT2D eigenvalue weighted by molar-refractivity contribution is 6.31. The van der Waals surface area contributed by atoms with Crippen molar-refractivity contribution in [2.45, 2.75) is 45.7 Å². The number of carbonyl (C=O) groups excluding carboxylic acids is 2. The minimum Gasteiger partial charge on any atom is -0.340 e. The standard InChI is InChI=1S/C15H19ClN2O2/c1-5-15(4)14(20)18(10(3)13(19)17-15)11-7-6-9(2)12(16)8-11/h6-8,10H,5H2,1-4H3,(H,17,19). The minimum atomic E-state index is -0.860. The molecule has 1 saturated heterocycles. The van der Waals surface area contributed by atoms with Gasteiger partial charge in [-0.1, -0.05) is 24.6 Å². The van der Waals surface area contributed by atoms with Crippen molar-refractivity contribution in [1.29, 1.82) is 0 Å². The van der Waals surface area contributed by atoms with Crippen LogP contribution in [0.25, 0.3) is 0 Å². The summed E-state index contributed by atoms with van der Waals surface area (Å²) in [5, 5.41) is 3.39. The van der Waals surface area contributed by atoms with Gasteiger partial charge in [0.15, 0.2) is 0 Å². The quantitative estimate of drug-likeness (QED) is 0.911. The van der Waals surface area contributed by atoms with E-state index in [0.717, 1.165) is 5.56 Å². The average molecular weight is 295 g/mol. The molecule has 20 heavy (non-hydrogen) atoms. The average Bonchev–Trinajstić information content (AvgIpc) is 2.41. The Morgan fingerprint density at radius 1 is 1.40 bits per heavy atom. The number of benzene rings is 1. The molecule has 2 atom stereocenters. The van der Waals surface area contributed by atoms with Crippen LogP contribution in [0.4, 0.5) is 5.69 Å². The number of carbonyl (C=O) groups is 2. The topological polar surface area (TPSA) is 49.4 Å². The van der Waals surface area contributed by atoms with E-state index >= 15 is 0 Å². The molecule has 1 fully saturated rings. The second-order valence-corrected chi connectivity index (χ2v) is 5.87. The van der Waals surface area contributed by atoms with E-state index < -0.39 is 11.6 Å². The summed E-state index contributed by atoms with van der Waals surface area (Å²) in [6.45, 7) is 7.25. The van der Waals surface area contributed by atoms with Crippen molar-refractivity contribution in [1.82, 2.24) is 5.32 Å². The van der Waals surface area contributed by atoms with Crippen molar-refractivity contribution in [3.63, 3.8) is 0 Å². The Hall–Kier alpha value is -1.55. The molecule has 1 aliphatic rings. The highest BCUT2D eigenvalue weighted by atomic mass is 35.5. The molecule has 0 saturated carbocycles. The molecular weight excluding hydrogens is 276 g/mol. The number of hydrogen-bond donors (Lipinski definition) is 1. The van der Waals surface area contributed by atoms with Crippen molar-refractivity contribution >= 4 is 29.1 Å². The van der Waals surface area contributed by atoms with E-state index in [1.807, 2.05) is 26.0 Å². The molecule has 1 aromatic rings. The number of rotatable bonds is 2. The van der Waals surface area contributed by atoms with Crippen LogP contribution in [0.1, 0.15) is 32.8 Å². The van der Waals surface area contributed by atoms with Crippen LogP contribution in [0.5, 0.6) is 0 Å². The van der Waals surface area contributed by atoms with Gasteiger partial charge in [0.25, 0.3) is 5.91 Å². The van der Waals surface area contributed by atoms with E-state index in [0.29, 0.717) is 17.1 Å². The fourth-order valence-electron chi connectivity index (χ4n) is 2.30. The molecule has 1 N–H and O–H groups in total. The fraction of sp³-hybridized carbons (Fsp3) is 0.467. The first-order valence-electron chi connectivity index (χ1n) is 6.72. The number of nitrogens with one attached hydrogen (secondary N) is 1. The number of aryl methyl sites for hydroxylation is 1. The minimum absolute atomic E-state index is 0.105. The normalized spacial score (nSPS) is 26.6. The lowest BCUT2D eigenvalue weighted by Crippen LogP contribution is -2.68. The summed E-state index contributed by atoms with van der Waals surface area (Å²) in [4.78, 5) is 26.3. The lowest BCUT2D eigenvalue weighted by Gasteiger charge is -2.43. The number of anilines is 1. The predicted octanol–water partition coefficient (Wildman–Crippen LogP) is 2.67. The third-order valence-electron chi connectivity index (χ3n) is 4.00. The zero-order chi connectivity index (χ0) is 15.1. The number of hydrogen-bond acceptors (Lipinski definition) is 2. The molecule has 2 amide bonds. The Kier molecular flexibility index (Phi) is 3.78. The van der Waals surface area contributed by atoms with Gasteiger partial charge < -0.3 is 5.32 Å². The predicted molar refractivity (Wildman–Crippen MR) is 80.0 cm³/mol. The van der Waals surface area contributed by atoms with Crippen LogP contribution in [-0.4, -0.2) is 23.4 Å². The molecule has 0 radical (unpaired) electrons. The van der Waals surface area contributed by atoms with Crippen molar-refractivity contribution in [2.24, 2.45) is 0 Å². The monoisotopic (exact) mass is 294 g/mol. The Morgan fingerprint density at radius 3 is 2.60 bits per heavy atom. The van der Waals surface area contributed by atoms with Crippen LogP contribution in [0, 0.1) is 6.92 Å². The highest BCUT2D eigenvalue weighted by Gasteiger charge is 2.45. The highest BCUT2D eigenvalue weighted by Crippen LogP contribution is 2.30. The van der Waals surface area contributed by atoms with Crippen LogP contribution in [0.15, 0.2) is 18.2 Å². The van der Waals surface area contributed by atoms with Crippen LogP contribution in [0.2, 0.25) is 5.02 Å². The maximum Gasteiger partial charge on any atom is 0.253 e. The van der Waals surface area contributed by atoms with Gasteiger partial charge in [0.05, 0.1) is 0 Å². The first kappa shape index (κ1) is 14.9. The van der Waals surface area contributed by atoms with Gasteiger partial charge in [-0.05, 0) is 44.9 Å². The summed E-state index contributed by atoms with van der Waals surface area (Å²) in [6.07, 6.45) is 0.542. The molecule has 108 valence electrons. The second kappa shape index (κ2) is 5.09. The van der Waals surface area contributed by atoms with Gasteiger partial charge in [-0.3, -0.25) is 14.5 Å².